The first-order chi connectivity index (χ1) is 5.82. The van der Waals surface area contributed by atoms with E-state index in [4.69, 9.17) is 33.9 Å². The second-order valence-electron chi connectivity index (χ2n) is 2.13. The number of rotatable bonds is 1. The first-order valence-corrected chi connectivity index (χ1v) is 5.98. The minimum Gasteiger partial charge on any atom is -0.207 e. The van der Waals surface area contributed by atoms with E-state index in [1.54, 1.807) is 0 Å². The quantitative estimate of drug-likeness (QED) is 0.576. The molecule has 0 aliphatic heterocycles. The molecule has 13 heavy (non-hydrogen) atoms. The van der Waals surface area contributed by atoms with Gasteiger partial charge in [-0.2, -0.15) is 0 Å². The minimum atomic E-state index is -4.12. The molecule has 0 saturated heterocycles. The van der Waals surface area contributed by atoms with Crippen LogP contribution in [0.25, 0.3) is 0 Å². The highest BCUT2D eigenvalue weighted by Gasteiger charge is 2.18. The summed E-state index contributed by atoms with van der Waals surface area (Å²) < 4.78 is 34.4. The first-order valence-electron chi connectivity index (χ1n) is 2.91. The molecule has 7 heteroatoms. The molecular weight excluding hydrogens is 261 g/mol. The van der Waals surface area contributed by atoms with Crippen LogP contribution in [0.2, 0.25) is 10.0 Å². The van der Waals surface area contributed by atoms with E-state index in [2.05, 4.69) is 0 Å². The van der Waals surface area contributed by atoms with Crippen molar-refractivity contribution in [3.63, 3.8) is 0 Å². The predicted octanol–water partition coefficient (Wildman–Crippen LogP) is 3.06. The van der Waals surface area contributed by atoms with Crippen molar-refractivity contribution in [1.29, 1.82) is 0 Å². The van der Waals surface area contributed by atoms with Gasteiger partial charge in [-0.1, -0.05) is 23.2 Å². The van der Waals surface area contributed by atoms with Crippen LogP contribution in [0.15, 0.2) is 17.0 Å². The van der Waals surface area contributed by atoms with E-state index in [-0.39, 0.29) is 10.0 Å². The second-order valence-corrected chi connectivity index (χ2v) is 5.48. The third-order valence-electron chi connectivity index (χ3n) is 1.24. The maximum atomic E-state index is 12.9. The van der Waals surface area contributed by atoms with Gasteiger partial charge in [0.2, 0.25) is 0 Å². The lowest BCUT2D eigenvalue weighted by molar-refractivity contribution is 0.575. The highest BCUT2D eigenvalue weighted by Crippen LogP contribution is 2.29. The average molecular weight is 264 g/mol. The standard InChI is InChI=1S/C6H2Cl3FO2S/c7-3-1-5(10)6(2-4(3)8)13(9,11)12/h1-2H. The van der Waals surface area contributed by atoms with Crippen molar-refractivity contribution in [1.82, 2.24) is 0 Å². The maximum absolute atomic E-state index is 12.9. The van der Waals surface area contributed by atoms with Gasteiger partial charge in [0.25, 0.3) is 9.05 Å². The summed E-state index contributed by atoms with van der Waals surface area (Å²) in [6, 6.07) is 1.65. The third-order valence-corrected chi connectivity index (χ3v) is 3.30. The number of hydrogen-bond donors (Lipinski definition) is 0. The van der Waals surface area contributed by atoms with Gasteiger partial charge in [-0.3, -0.25) is 0 Å². The molecule has 0 heterocycles. The van der Waals surface area contributed by atoms with Crippen LogP contribution >= 0.6 is 33.9 Å². The van der Waals surface area contributed by atoms with Gasteiger partial charge in [0.05, 0.1) is 10.0 Å². The van der Waals surface area contributed by atoms with Gasteiger partial charge in [-0.25, -0.2) is 12.8 Å². The van der Waals surface area contributed by atoms with Gasteiger partial charge in [-0.15, -0.1) is 0 Å². The zero-order valence-electron chi connectivity index (χ0n) is 5.89. The number of halogens is 4. The molecule has 2 nitrogen and oxygen atoms in total. The molecule has 1 aromatic rings. The van der Waals surface area contributed by atoms with E-state index >= 15 is 0 Å². The lowest BCUT2D eigenvalue weighted by Crippen LogP contribution is -1.95. The summed E-state index contributed by atoms with van der Waals surface area (Å²) in [7, 11) is 0.800. The Bertz CT molecular complexity index is 443. The summed E-state index contributed by atoms with van der Waals surface area (Å²) in [5.74, 6) is -1.02. The Morgan fingerprint density at radius 3 is 2.08 bits per heavy atom. The number of benzene rings is 1. The topological polar surface area (TPSA) is 34.1 Å². The Hall–Kier alpha value is -0.0300. The lowest BCUT2D eigenvalue weighted by Gasteiger charge is -2.00. The summed E-state index contributed by atoms with van der Waals surface area (Å²) >= 11 is 10.9. The van der Waals surface area contributed by atoms with Gasteiger partial charge >= 0.3 is 0 Å². The highest BCUT2D eigenvalue weighted by molar-refractivity contribution is 8.13. The van der Waals surface area contributed by atoms with Gasteiger partial charge in [0.1, 0.15) is 10.7 Å². The third kappa shape index (κ3) is 2.47. The number of hydrogen-bond acceptors (Lipinski definition) is 2. The van der Waals surface area contributed by atoms with Crippen LogP contribution in [0, 0.1) is 5.82 Å². The van der Waals surface area contributed by atoms with Crippen molar-refractivity contribution >= 4 is 42.9 Å². The summed E-state index contributed by atoms with van der Waals surface area (Å²) in [5.41, 5.74) is 0. The molecule has 1 aromatic carbocycles. The zero-order chi connectivity index (χ0) is 10.2. The fourth-order valence-electron chi connectivity index (χ4n) is 0.691. The Balaban J connectivity index is 3.50. The molecule has 0 spiro atoms. The van der Waals surface area contributed by atoms with Gasteiger partial charge < -0.3 is 0 Å². The molecule has 0 unspecified atom stereocenters. The molecule has 0 saturated carbocycles. The molecular formula is C6H2Cl3FO2S. The zero-order valence-corrected chi connectivity index (χ0v) is 8.98. The molecule has 0 radical (unpaired) electrons. The molecule has 0 bridgehead atoms. The highest BCUT2D eigenvalue weighted by atomic mass is 35.7. The molecule has 0 N–H and O–H groups in total. The van der Waals surface area contributed by atoms with Crippen molar-refractivity contribution in [2.45, 2.75) is 4.90 Å². The monoisotopic (exact) mass is 262 g/mol. The van der Waals surface area contributed by atoms with E-state index in [1.165, 1.54) is 0 Å². The first kappa shape index (κ1) is 11.0. The Kier molecular flexibility index (Phi) is 3.07. The predicted molar refractivity (Wildman–Crippen MR) is 49.5 cm³/mol. The summed E-state index contributed by atoms with van der Waals surface area (Å²) in [4.78, 5) is -0.677. The van der Waals surface area contributed by atoms with Crippen LogP contribution in [0.5, 0.6) is 0 Å². The SMILES string of the molecule is O=S(=O)(Cl)c1cc(Cl)c(Cl)cc1F. The van der Waals surface area contributed by atoms with Crippen LogP contribution in [-0.2, 0) is 9.05 Å². The molecule has 0 aliphatic rings. The van der Waals surface area contributed by atoms with Gasteiger partial charge in [0.15, 0.2) is 0 Å². The molecule has 72 valence electrons. The molecule has 0 atom stereocenters. The van der Waals surface area contributed by atoms with Crippen molar-refractivity contribution in [2.24, 2.45) is 0 Å². The van der Waals surface area contributed by atoms with E-state index in [9.17, 15) is 12.8 Å². The van der Waals surface area contributed by atoms with Crippen LogP contribution < -0.4 is 0 Å². The van der Waals surface area contributed by atoms with E-state index < -0.39 is 19.8 Å². The van der Waals surface area contributed by atoms with Crippen LogP contribution in [0.3, 0.4) is 0 Å². The van der Waals surface area contributed by atoms with Crippen molar-refractivity contribution in [2.75, 3.05) is 0 Å². The second kappa shape index (κ2) is 3.61. The van der Waals surface area contributed by atoms with Crippen molar-refractivity contribution < 1.29 is 12.8 Å². The summed E-state index contributed by atoms with van der Waals surface area (Å²) in [6.07, 6.45) is 0. The largest absolute Gasteiger partial charge is 0.264 e. The fraction of sp³-hybridized carbons (Fsp3) is 0. The smallest absolute Gasteiger partial charge is 0.207 e. The van der Waals surface area contributed by atoms with E-state index in [0.29, 0.717) is 0 Å². The van der Waals surface area contributed by atoms with Crippen LogP contribution in [0.4, 0.5) is 4.39 Å². The Labute approximate surface area is 88.6 Å². The summed E-state index contributed by atoms with van der Waals surface area (Å²) in [5, 5.41) is -0.134. The molecule has 1 rings (SSSR count). The average Bonchev–Trinajstić information content (AvgIpc) is 1.94. The molecule has 0 amide bonds. The van der Waals surface area contributed by atoms with Crippen molar-refractivity contribution in [3.8, 4) is 0 Å². The molecule has 0 fully saturated rings. The van der Waals surface area contributed by atoms with Crippen LogP contribution in [0.1, 0.15) is 0 Å². The Morgan fingerprint density at radius 2 is 1.62 bits per heavy atom. The molecule has 0 aliphatic carbocycles. The van der Waals surface area contributed by atoms with Gasteiger partial charge in [-0.05, 0) is 12.1 Å². The molecule has 0 aromatic heterocycles. The summed E-state index contributed by atoms with van der Waals surface area (Å²) in [6.45, 7) is 0. The van der Waals surface area contributed by atoms with Crippen molar-refractivity contribution in [3.05, 3.63) is 28.0 Å². The van der Waals surface area contributed by atoms with E-state index in [0.717, 1.165) is 12.1 Å². The van der Waals surface area contributed by atoms with Crippen LogP contribution in [-0.4, -0.2) is 8.42 Å². The lowest BCUT2D eigenvalue weighted by atomic mass is 10.3. The fourth-order valence-corrected chi connectivity index (χ4v) is 1.98. The van der Waals surface area contributed by atoms with E-state index in [1.807, 2.05) is 0 Å². The van der Waals surface area contributed by atoms with Gasteiger partial charge in [0, 0.05) is 10.7 Å². The normalized spacial score (nSPS) is 11.7. The Morgan fingerprint density at radius 1 is 1.15 bits per heavy atom. The minimum absolute atomic E-state index is 0.0665. The maximum Gasteiger partial charge on any atom is 0.264 e.